The number of carbonyl (C=O) groups is 1. The summed E-state index contributed by atoms with van der Waals surface area (Å²) in [4.78, 5) is 27.9. The van der Waals surface area contributed by atoms with E-state index in [0.29, 0.717) is 30.5 Å². The Balaban J connectivity index is 1.44. The first-order chi connectivity index (χ1) is 15.7. The molecule has 0 bridgehead atoms. The summed E-state index contributed by atoms with van der Waals surface area (Å²) in [5.41, 5.74) is 1.61. The van der Waals surface area contributed by atoms with Gasteiger partial charge in [0.1, 0.15) is 5.75 Å². The molecule has 0 aliphatic carbocycles. The van der Waals surface area contributed by atoms with Crippen molar-refractivity contribution in [2.24, 2.45) is 0 Å². The normalized spacial score (nSPS) is 14.4. The first-order valence-electron chi connectivity index (χ1n) is 11.0. The number of amides is 1. The van der Waals surface area contributed by atoms with Crippen LogP contribution in [-0.4, -0.2) is 55.3 Å². The zero-order valence-electron chi connectivity index (χ0n) is 18.4. The Labute approximate surface area is 187 Å². The van der Waals surface area contributed by atoms with Gasteiger partial charge in [0.05, 0.1) is 20.3 Å². The minimum atomic E-state index is -0.0973. The smallest absolute Gasteiger partial charge is 0.258 e. The molecular weight excluding hydrogens is 406 g/mol. The molecule has 2 aromatic carbocycles. The second kappa shape index (κ2) is 10.4. The van der Waals surface area contributed by atoms with Crippen LogP contribution in [0.15, 0.2) is 59.5 Å². The van der Waals surface area contributed by atoms with Crippen LogP contribution in [0.1, 0.15) is 12.0 Å². The molecule has 1 amide bonds. The summed E-state index contributed by atoms with van der Waals surface area (Å²) >= 11 is 0. The number of methoxy groups -OCH3 is 1. The Morgan fingerprint density at radius 1 is 1.03 bits per heavy atom. The van der Waals surface area contributed by atoms with Crippen LogP contribution in [0.4, 0.5) is 5.69 Å². The summed E-state index contributed by atoms with van der Waals surface area (Å²) in [5.74, 6) is 0.683. The van der Waals surface area contributed by atoms with Gasteiger partial charge in [-0.25, -0.2) is 0 Å². The number of rotatable bonds is 8. The summed E-state index contributed by atoms with van der Waals surface area (Å²) < 4.78 is 12.5. The van der Waals surface area contributed by atoms with E-state index in [1.165, 1.54) is 0 Å². The van der Waals surface area contributed by atoms with Gasteiger partial charge in [-0.15, -0.1) is 0 Å². The Morgan fingerprint density at radius 3 is 2.66 bits per heavy atom. The highest BCUT2D eigenvalue weighted by Crippen LogP contribution is 2.22. The van der Waals surface area contributed by atoms with Gasteiger partial charge in [-0.3, -0.25) is 14.5 Å². The summed E-state index contributed by atoms with van der Waals surface area (Å²) in [6.45, 7) is 4.72. The highest BCUT2D eigenvalue weighted by atomic mass is 16.5. The van der Waals surface area contributed by atoms with Gasteiger partial charge in [0.2, 0.25) is 5.91 Å². The van der Waals surface area contributed by atoms with E-state index >= 15 is 0 Å². The second-order valence-electron chi connectivity index (χ2n) is 7.90. The third-order valence-electron chi connectivity index (χ3n) is 5.87. The van der Waals surface area contributed by atoms with Crippen molar-refractivity contribution in [3.8, 4) is 5.75 Å². The molecule has 168 valence electrons. The Hall–Kier alpha value is -3.16. The van der Waals surface area contributed by atoms with E-state index in [-0.39, 0.29) is 11.5 Å². The molecule has 1 aliphatic rings. The lowest BCUT2D eigenvalue weighted by atomic mass is 10.1. The third kappa shape index (κ3) is 5.18. The molecule has 3 aromatic rings. The van der Waals surface area contributed by atoms with Gasteiger partial charge in [-0.05, 0) is 36.2 Å². The number of anilines is 1. The summed E-state index contributed by atoms with van der Waals surface area (Å²) in [7, 11) is 1.63. The number of hydrogen-bond acceptors (Lipinski definition) is 5. The quantitative estimate of drug-likeness (QED) is 0.589. The van der Waals surface area contributed by atoms with E-state index < -0.39 is 0 Å². The Kier molecular flexibility index (Phi) is 7.19. The molecule has 0 saturated carbocycles. The van der Waals surface area contributed by atoms with E-state index in [1.54, 1.807) is 11.7 Å². The van der Waals surface area contributed by atoms with Crippen molar-refractivity contribution in [3.05, 3.63) is 70.6 Å². The molecule has 2 heterocycles. The zero-order valence-corrected chi connectivity index (χ0v) is 18.4. The first kappa shape index (κ1) is 22.0. The number of aryl methyl sites for hydroxylation is 1. The number of benzene rings is 2. The molecule has 1 fully saturated rings. The number of nitrogens with zero attached hydrogens (tertiary/aromatic N) is 2. The van der Waals surface area contributed by atoms with Crippen LogP contribution < -0.4 is 15.6 Å². The molecule has 1 aromatic heterocycles. The minimum Gasteiger partial charge on any atom is -0.496 e. The van der Waals surface area contributed by atoms with Gasteiger partial charge in [0.15, 0.2) is 0 Å². The molecule has 7 heteroatoms. The molecule has 0 radical (unpaired) electrons. The number of para-hydroxylation sites is 1. The number of fused-ring (bicyclic) bond motifs is 1. The summed E-state index contributed by atoms with van der Waals surface area (Å²) in [5, 5.41) is 4.34. The number of hydrogen-bond donors (Lipinski definition) is 1. The fourth-order valence-electron chi connectivity index (χ4n) is 4.05. The van der Waals surface area contributed by atoms with Crippen LogP contribution in [0.5, 0.6) is 5.75 Å². The van der Waals surface area contributed by atoms with E-state index in [4.69, 9.17) is 9.47 Å². The van der Waals surface area contributed by atoms with Crippen molar-refractivity contribution in [2.45, 2.75) is 19.4 Å². The average Bonchev–Trinajstić information content (AvgIpc) is 2.83. The number of pyridine rings is 1. The second-order valence-corrected chi connectivity index (χ2v) is 7.90. The van der Waals surface area contributed by atoms with E-state index in [9.17, 15) is 9.59 Å². The standard InChI is InChI=1S/C25H29N3O4/c1-31-23-8-3-2-5-19(23)9-10-24(29)26-22-7-4-6-21-20(22)11-12-28(25(21)30)14-13-27-15-17-32-18-16-27/h2-8,11-12H,9-10,13-18H2,1H3,(H,26,29). The molecule has 0 spiro atoms. The summed E-state index contributed by atoms with van der Waals surface area (Å²) in [6.07, 6.45) is 2.72. The molecule has 0 atom stereocenters. The molecular formula is C25H29N3O4. The minimum absolute atomic E-state index is 0.0409. The maximum atomic E-state index is 13.0. The highest BCUT2D eigenvalue weighted by Gasteiger charge is 2.13. The van der Waals surface area contributed by atoms with Gasteiger partial charge in [0.25, 0.3) is 5.56 Å². The molecule has 32 heavy (non-hydrogen) atoms. The van der Waals surface area contributed by atoms with Crippen LogP contribution in [-0.2, 0) is 22.5 Å². The monoisotopic (exact) mass is 435 g/mol. The fraction of sp³-hybridized carbons (Fsp3) is 0.360. The topological polar surface area (TPSA) is 72.8 Å². The fourth-order valence-corrected chi connectivity index (χ4v) is 4.05. The van der Waals surface area contributed by atoms with Gasteiger partial charge >= 0.3 is 0 Å². The molecule has 0 unspecified atom stereocenters. The number of carbonyl (C=O) groups excluding carboxylic acids is 1. The van der Waals surface area contributed by atoms with Crippen LogP contribution in [0.3, 0.4) is 0 Å². The SMILES string of the molecule is COc1ccccc1CCC(=O)Nc1cccc2c(=O)n(CCN3CCOCC3)ccc12. The first-order valence-corrected chi connectivity index (χ1v) is 11.0. The van der Waals surface area contributed by atoms with E-state index in [0.717, 1.165) is 49.5 Å². The average molecular weight is 436 g/mol. The lowest BCUT2D eigenvalue weighted by molar-refractivity contribution is -0.116. The predicted octanol–water partition coefficient (Wildman–Crippen LogP) is 2.91. The Morgan fingerprint density at radius 2 is 1.84 bits per heavy atom. The molecule has 1 aliphatic heterocycles. The number of morpholine rings is 1. The van der Waals surface area contributed by atoms with E-state index in [2.05, 4.69) is 10.2 Å². The van der Waals surface area contributed by atoms with Crippen LogP contribution in [0, 0.1) is 0 Å². The van der Waals surface area contributed by atoms with Crippen molar-refractivity contribution < 1.29 is 14.3 Å². The maximum absolute atomic E-state index is 13.0. The van der Waals surface area contributed by atoms with Gasteiger partial charge in [-0.1, -0.05) is 24.3 Å². The lowest BCUT2D eigenvalue weighted by Crippen LogP contribution is -2.39. The molecule has 4 rings (SSSR count). The molecule has 7 nitrogen and oxygen atoms in total. The number of ether oxygens (including phenoxy) is 2. The lowest BCUT2D eigenvalue weighted by Gasteiger charge is -2.26. The van der Waals surface area contributed by atoms with Crippen molar-refractivity contribution >= 4 is 22.4 Å². The van der Waals surface area contributed by atoms with E-state index in [1.807, 2.05) is 54.7 Å². The van der Waals surface area contributed by atoms with Crippen molar-refractivity contribution in [2.75, 3.05) is 45.3 Å². The van der Waals surface area contributed by atoms with Crippen molar-refractivity contribution in [1.29, 1.82) is 0 Å². The van der Waals surface area contributed by atoms with Crippen LogP contribution >= 0.6 is 0 Å². The van der Waals surface area contributed by atoms with Crippen LogP contribution in [0.25, 0.3) is 10.8 Å². The Bertz CT molecular complexity index is 1140. The number of nitrogens with one attached hydrogen (secondary N) is 1. The van der Waals surface area contributed by atoms with Crippen LogP contribution in [0.2, 0.25) is 0 Å². The van der Waals surface area contributed by atoms with Crippen molar-refractivity contribution in [1.82, 2.24) is 9.47 Å². The van der Waals surface area contributed by atoms with Gasteiger partial charge < -0.3 is 19.4 Å². The van der Waals surface area contributed by atoms with Crippen molar-refractivity contribution in [3.63, 3.8) is 0 Å². The summed E-state index contributed by atoms with van der Waals surface area (Å²) in [6, 6.07) is 15.1. The molecule has 1 saturated heterocycles. The largest absolute Gasteiger partial charge is 0.496 e. The maximum Gasteiger partial charge on any atom is 0.258 e. The third-order valence-corrected chi connectivity index (χ3v) is 5.87. The number of aromatic nitrogens is 1. The zero-order chi connectivity index (χ0) is 22.3. The molecule has 1 N–H and O–H groups in total. The van der Waals surface area contributed by atoms with Gasteiger partial charge in [-0.2, -0.15) is 0 Å². The predicted molar refractivity (Wildman–Crippen MR) is 125 cm³/mol. The van der Waals surface area contributed by atoms with Gasteiger partial charge in [0, 0.05) is 55.3 Å². The highest BCUT2D eigenvalue weighted by molar-refractivity contribution is 6.01.